The molecule has 19 heavy (non-hydrogen) atoms. The van der Waals surface area contributed by atoms with Crippen LogP contribution in [-0.4, -0.2) is 23.9 Å². The van der Waals surface area contributed by atoms with E-state index in [2.05, 4.69) is 13.0 Å². The summed E-state index contributed by atoms with van der Waals surface area (Å²) in [4.78, 5) is 13.9. The Morgan fingerprint density at radius 1 is 1.53 bits per heavy atom. The smallest absolute Gasteiger partial charge is 0.246 e. The largest absolute Gasteiger partial charge is 0.339 e. The molecule has 1 heterocycles. The Bertz CT molecular complexity index is 528. The first-order valence-corrected chi connectivity index (χ1v) is 6.66. The summed E-state index contributed by atoms with van der Waals surface area (Å²) in [5.41, 5.74) is 1.50. The topological polar surface area (TPSA) is 44.1 Å². The van der Waals surface area contributed by atoms with Crippen molar-refractivity contribution in [3.8, 4) is 6.07 Å². The van der Waals surface area contributed by atoms with E-state index in [4.69, 9.17) is 5.26 Å². The van der Waals surface area contributed by atoms with Gasteiger partial charge in [-0.3, -0.25) is 4.79 Å². The van der Waals surface area contributed by atoms with Gasteiger partial charge in [-0.2, -0.15) is 5.26 Å². The van der Waals surface area contributed by atoms with E-state index in [0.717, 1.165) is 25.1 Å². The van der Waals surface area contributed by atoms with Gasteiger partial charge >= 0.3 is 0 Å². The summed E-state index contributed by atoms with van der Waals surface area (Å²) < 4.78 is 0. The van der Waals surface area contributed by atoms with Crippen LogP contribution >= 0.6 is 0 Å². The molecule has 1 aromatic rings. The van der Waals surface area contributed by atoms with E-state index in [1.165, 1.54) is 6.42 Å². The van der Waals surface area contributed by atoms with E-state index in [0.29, 0.717) is 11.5 Å². The second-order valence-electron chi connectivity index (χ2n) is 5.10. The maximum Gasteiger partial charge on any atom is 0.246 e. The lowest BCUT2D eigenvalue weighted by atomic mass is 10.0. The van der Waals surface area contributed by atoms with Gasteiger partial charge in [0.15, 0.2) is 0 Å². The van der Waals surface area contributed by atoms with Crippen molar-refractivity contribution in [2.75, 3.05) is 13.1 Å². The summed E-state index contributed by atoms with van der Waals surface area (Å²) in [7, 11) is 0. The van der Waals surface area contributed by atoms with Gasteiger partial charge in [-0.25, -0.2) is 0 Å². The summed E-state index contributed by atoms with van der Waals surface area (Å²) in [6, 6.07) is 9.35. The van der Waals surface area contributed by atoms with Gasteiger partial charge in [0.25, 0.3) is 0 Å². The lowest BCUT2D eigenvalue weighted by molar-refractivity contribution is -0.127. The minimum atomic E-state index is 0.0638. The number of likely N-dealkylation sites (tertiary alicyclic amines) is 1. The van der Waals surface area contributed by atoms with E-state index in [9.17, 15) is 4.79 Å². The van der Waals surface area contributed by atoms with Crippen LogP contribution in [0.3, 0.4) is 0 Å². The fraction of sp³-hybridized carbons (Fsp3) is 0.375. The summed E-state index contributed by atoms with van der Waals surface area (Å²) in [5.74, 6) is 0.655. The van der Waals surface area contributed by atoms with Crippen molar-refractivity contribution in [3.63, 3.8) is 0 Å². The molecule has 1 unspecified atom stereocenters. The zero-order valence-electron chi connectivity index (χ0n) is 11.2. The zero-order chi connectivity index (χ0) is 13.7. The Morgan fingerprint density at radius 3 is 3.11 bits per heavy atom. The molecule has 0 spiro atoms. The first-order chi connectivity index (χ1) is 9.19. The fourth-order valence-electron chi connectivity index (χ4n) is 2.37. The average Bonchev–Trinajstić information content (AvgIpc) is 2.45. The van der Waals surface area contributed by atoms with E-state index in [1.807, 2.05) is 17.0 Å². The molecule has 3 heteroatoms. The third-order valence-corrected chi connectivity index (χ3v) is 3.40. The Kier molecular flexibility index (Phi) is 4.35. The molecule has 1 amide bonds. The molecular formula is C16H18N2O. The standard InChI is InChI=1S/C16H18N2O/c1-13-4-3-9-18(12-13)16(19)8-7-14-5-2-6-15(10-14)11-17/h2,5-8,10,13H,3-4,9,12H2,1H3/b8-7+. The molecule has 1 fully saturated rings. The molecule has 1 aliphatic heterocycles. The van der Waals surface area contributed by atoms with Crippen LogP contribution in [0.2, 0.25) is 0 Å². The van der Waals surface area contributed by atoms with Crippen molar-refractivity contribution < 1.29 is 4.79 Å². The van der Waals surface area contributed by atoms with Crippen LogP contribution in [0.15, 0.2) is 30.3 Å². The third kappa shape index (κ3) is 3.69. The highest BCUT2D eigenvalue weighted by Crippen LogP contribution is 2.16. The highest BCUT2D eigenvalue weighted by atomic mass is 16.2. The summed E-state index contributed by atoms with van der Waals surface area (Å²) in [6.45, 7) is 3.88. The van der Waals surface area contributed by atoms with Crippen LogP contribution in [-0.2, 0) is 4.79 Å². The number of amides is 1. The number of nitrogens with zero attached hydrogens (tertiary/aromatic N) is 2. The molecule has 98 valence electrons. The first kappa shape index (κ1) is 13.4. The number of benzene rings is 1. The second-order valence-corrected chi connectivity index (χ2v) is 5.10. The number of carbonyl (C=O) groups excluding carboxylic acids is 1. The van der Waals surface area contributed by atoms with Crippen molar-refractivity contribution in [2.45, 2.75) is 19.8 Å². The molecule has 1 atom stereocenters. The van der Waals surface area contributed by atoms with E-state index in [1.54, 1.807) is 24.3 Å². The molecule has 0 radical (unpaired) electrons. The molecule has 0 saturated carbocycles. The molecular weight excluding hydrogens is 236 g/mol. The van der Waals surface area contributed by atoms with Gasteiger partial charge in [0.1, 0.15) is 0 Å². The van der Waals surface area contributed by atoms with Gasteiger partial charge in [0.2, 0.25) is 5.91 Å². The van der Waals surface area contributed by atoms with E-state index < -0.39 is 0 Å². The van der Waals surface area contributed by atoms with Crippen LogP contribution in [0.4, 0.5) is 0 Å². The first-order valence-electron chi connectivity index (χ1n) is 6.66. The van der Waals surface area contributed by atoms with Gasteiger partial charge in [0, 0.05) is 19.2 Å². The van der Waals surface area contributed by atoms with Gasteiger partial charge in [0.05, 0.1) is 11.6 Å². The maximum absolute atomic E-state index is 12.0. The minimum absolute atomic E-state index is 0.0638. The molecule has 0 N–H and O–H groups in total. The average molecular weight is 254 g/mol. The number of carbonyl (C=O) groups is 1. The maximum atomic E-state index is 12.0. The monoisotopic (exact) mass is 254 g/mol. The highest BCUT2D eigenvalue weighted by molar-refractivity contribution is 5.91. The Balaban J connectivity index is 2.01. The summed E-state index contributed by atoms with van der Waals surface area (Å²) in [6.07, 6.45) is 5.68. The van der Waals surface area contributed by atoms with Crippen LogP contribution in [0, 0.1) is 17.2 Å². The second kappa shape index (κ2) is 6.19. The number of piperidine rings is 1. The number of hydrogen-bond donors (Lipinski definition) is 0. The summed E-state index contributed by atoms with van der Waals surface area (Å²) >= 11 is 0. The number of hydrogen-bond acceptors (Lipinski definition) is 2. The van der Waals surface area contributed by atoms with Crippen molar-refractivity contribution >= 4 is 12.0 Å². The SMILES string of the molecule is CC1CCCN(C(=O)/C=C/c2cccc(C#N)c2)C1. The van der Waals surface area contributed by atoms with Crippen LogP contribution in [0.5, 0.6) is 0 Å². The van der Waals surface area contributed by atoms with Gasteiger partial charge in [-0.05, 0) is 42.5 Å². The minimum Gasteiger partial charge on any atom is -0.339 e. The Morgan fingerprint density at radius 2 is 2.37 bits per heavy atom. The van der Waals surface area contributed by atoms with E-state index >= 15 is 0 Å². The lowest BCUT2D eigenvalue weighted by Gasteiger charge is -2.30. The van der Waals surface area contributed by atoms with E-state index in [-0.39, 0.29) is 5.91 Å². The van der Waals surface area contributed by atoms with Gasteiger partial charge in [-0.1, -0.05) is 19.1 Å². The summed E-state index contributed by atoms with van der Waals surface area (Å²) in [5, 5.41) is 8.82. The molecule has 0 aromatic heterocycles. The molecule has 0 aliphatic carbocycles. The molecule has 3 nitrogen and oxygen atoms in total. The highest BCUT2D eigenvalue weighted by Gasteiger charge is 2.18. The predicted octanol–water partition coefficient (Wildman–Crippen LogP) is 2.83. The quantitative estimate of drug-likeness (QED) is 0.762. The third-order valence-electron chi connectivity index (χ3n) is 3.40. The van der Waals surface area contributed by atoms with Crippen molar-refractivity contribution in [2.24, 2.45) is 5.92 Å². The van der Waals surface area contributed by atoms with Crippen molar-refractivity contribution in [1.82, 2.24) is 4.90 Å². The van der Waals surface area contributed by atoms with Gasteiger partial charge < -0.3 is 4.90 Å². The van der Waals surface area contributed by atoms with Crippen molar-refractivity contribution in [1.29, 1.82) is 5.26 Å². The molecule has 2 rings (SSSR count). The van der Waals surface area contributed by atoms with Gasteiger partial charge in [-0.15, -0.1) is 0 Å². The molecule has 0 bridgehead atoms. The molecule has 1 saturated heterocycles. The Hall–Kier alpha value is -2.08. The normalized spacial score (nSPS) is 19.4. The van der Waals surface area contributed by atoms with Crippen LogP contribution in [0.25, 0.3) is 6.08 Å². The molecule has 1 aliphatic rings. The lowest BCUT2D eigenvalue weighted by Crippen LogP contribution is -2.38. The fourth-order valence-corrected chi connectivity index (χ4v) is 2.37. The number of nitriles is 1. The predicted molar refractivity (Wildman–Crippen MR) is 75.2 cm³/mol. The molecule has 1 aromatic carbocycles. The van der Waals surface area contributed by atoms with Crippen LogP contribution < -0.4 is 0 Å². The van der Waals surface area contributed by atoms with Crippen molar-refractivity contribution in [3.05, 3.63) is 41.5 Å². The zero-order valence-corrected chi connectivity index (χ0v) is 11.2. The van der Waals surface area contributed by atoms with Crippen LogP contribution in [0.1, 0.15) is 30.9 Å². The Labute approximate surface area is 114 Å². The number of rotatable bonds is 2.